The lowest BCUT2D eigenvalue weighted by molar-refractivity contribution is -0.605. The number of aromatic amines is 1. The van der Waals surface area contributed by atoms with Gasteiger partial charge < -0.3 is 15.5 Å². The zero-order valence-corrected chi connectivity index (χ0v) is 12.5. The minimum absolute atomic E-state index is 0.192. The van der Waals surface area contributed by atoms with Gasteiger partial charge in [0.15, 0.2) is 12.4 Å². The highest BCUT2D eigenvalue weighted by Gasteiger charge is 2.08. The fourth-order valence-corrected chi connectivity index (χ4v) is 2.47. The van der Waals surface area contributed by atoms with Gasteiger partial charge in [-0.05, 0) is 37.1 Å². The number of hydrogen-bond acceptors (Lipinski definition) is 2. The zero-order valence-electron chi connectivity index (χ0n) is 12.5. The van der Waals surface area contributed by atoms with Crippen molar-refractivity contribution in [3.63, 3.8) is 0 Å². The van der Waals surface area contributed by atoms with E-state index in [-0.39, 0.29) is 5.91 Å². The van der Waals surface area contributed by atoms with E-state index in [0.29, 0.717) is 16.8 Å². The van der Waals surface area contributed by atoms with Crippen molar-refractivity contribution in [1.82, 2.24) is 10.3 Å². The van der Waals surface area contributed by atoms with Crippen molar-refractivity contribution in [3.05, 3.63) is 70.3 Å². The second-order valence-corrected chi connectivity index (χ2v) is 5.38. The van der Waals surface area contributed by atoms with E-state index in [1.165, 1.54) is 35.5 Å². The largest absolute Gasteiger partial charge is 0.619 e. The average Bonchev–Trinajstić information content (AvgIpc) is 2.80. The fraction of sp³-hybridized carbons (Fsp3) is 0.176. The number of nitrogens with one attached hydrogen (secondary N) is 2. The maximum atomic E-state index is 12.0. The van der Waals surface area contributed by atoms with Gasteiger partial charge in [-0.15, -0.1) is 0 Å². The van der Waals surface area contributed by atoms with Crippen LogP contribution in [0.1, 0.15) is 27.2 Å². The number of fused-ring (bicyclic) bond motifs is 1. The molecular formula is C17H17N3O2. The van der Waals surface area contributed by atoms with Crippen molar-refractivity contribution in [1.29, 1.82) is 0 Å². The number of benzene rings is 1. The summed E-state index contributed by atoms with van der Waals surface area (Å²) in [6.45, 7) is 4.58. The quantitative estimate of drug-likeness (QED) is 0.575. The number of nitrogens with zero attached hydrogens (tertiary/aromatic N) is 1. The Bertz CT molecular complexity index is 835. The molecule has 3 aromatic rings. The SMILES string of the molecule is Cc1[nH]c2ccc(CNC(=O)c3cc[n+]([O-])cc3)cc2c1C. The van der Waals surface area contributed by atoms with Crippen LogP contribution in [0.2, 0.25) is 0 Å². The molecule has 3 rings (SSSR count). The lowest BCUT2D eigenvalue weighted by Crippen LogP contribution is -2.27. The summed E-state index contributed by atoms with van der Waals surface area (Å²) in [6.07, 6.45) is 2.62. The van der Waals surface area contributed by atoms with E-state index in [0.717, 1.165) is 16.8 Å². The van der Waals surface area contributed by atoms with Gasteiger partial charge in [-0.2, -0.15) is 4.73 Å². The number of carbonyl (C=O) groups excluding carboxylic acids is 1. The van der Waals surface area contributed by atoms with Crippen LogP contribution >= 0.6 is 0 Å². The molecule has 0 unspecified atom stereocenters. The van der Waals surface area contributed by atoms with Gasteiger partial charge in [0.2, 0.25) is 0 Å². The Morgan fingerprint density at radius 1 is 1.23 bits per heavy atom. The fourth-order valence-electron chi connectivity index (χ4n) is 2.47. The van der Waals surface area contributed by atoms with Crippen molar-refractivity contribution in [2.75, 3.05) is 0 Å². The maximum absolute atomic E-state index is 12.0. The van der Waals surface area contributed by atoms with Gasteiger partial charge >= 0.3 is 0 Å². The first-order valence-electron chi connectivity index (χ1n) is 7.09. The molecule has 0 saturated carbocycles. The van der Waals surface area contributed by atoms with E-state index >= 15 is 0 Å². The van der Waals surface area contributed by atoms with E-state index in [9.17, 15) is 10.0 Å². The maximum Gasteiger partial charge on any atom is 0.252 e. The molecule has 22 heavy (non-hydrogen) atoms. The van der Waals surface area contributed by atoms with Crippen LogP contribution in [0, 0.1) is 19.1 Å². The van der Waals surface area contributed by atoms with Crippen molar-refractivity contribution in [2.24, 2.45) is 0 Å². The molecule has 0 spiro atoms. The summed E-state index contributed by atoms with van der Waals surface area (Å²) in [5.41, 5.74) is 5.00. The van der Waals surface area contributed by atoms with Gasteiger partial charge in [-0.25, -0.2) is 0 Å². The molecule has 0 radical (unpaired) electrons. The highest BCUT2D eigenvalue weighted by atomic mass is 16.5. The van der Waals surface area contributed by atoms with Crippen molar-refractivity contribution in [3.8, 4) is 0 Å². The highest BCUT2D eigenvalue weighted by molar-refractivity contribution is 5.94. The van der Waals surface area contributed by atoms with Crippen LogP contribution in [-0.4, -0.2) is 10.9 Å². The zero-order chi connectivity index (χ0) is 15.7. The number of pyridine rings is 1. The lowest BCUT2D eigenvalue weighted by atomic mass is 10.1. The third-order valence-electron chi connectivity index (χ3n) is 3.89. The molecular weight excluding hydrogens is 278 g/mol. The number of hydrogen-bond donors (Lipinski definition) is 2. The predicted octanol–water partition coefficient (Wildman–Crippen LogP) is 2.35. The van der Waals surface area contributed by atoms with Crippen LogP contribution in [0.3, 0.4) is 0 Å². The molecule has 1 amide bonds. The Morgan fingerprint density at radius 3 is 2.68 bits per heavy atom. The third kappa shape index (κ3) is 2.65. The molecule has 2 N–H and O–H groups in total. The first-order valence-corrected chi connectivity index (χ1v) is 7.09. The van der Waals surface area contributed by atoms with E-state index in [2.05, 4.69) is 30.2 Å². The number of aryl methyl sites for hydroxylation is 2. The highest BCUT2D eigenvalue weighted by Crippen LogP contribution is 2.22. The molecule has 0 fully saturated rings. The minimum Gasteiger partial charge on any atom is -0.619 e. The van der Waals surface area contributed by atoms with Crippen LogP contribution in [0.4, 0.5) is 0 Å². The molecule has 2 aromatic heterocycles. The molecule has 0 atom stereocenters. The van der Waals surface area contributed by atoms with Crippen molar-refractivity contribution < 1.29 is 9.52 Å². The monoisotopic (exact) mass is 295 g/mol. The Balaban J connectivity index is 1.74. The summed E-state index contributed by atoms with van der Waals surface area (Å²) in [5, 5.41) is 15.0. The molecule has 5 nitrogen and oxygen atoms in total. The summed E-state index contributed by atoms with van der Waals surface area (Å²) in [7, 11) is 0. The normalized spacial score (nSPS) is 10.8. The van der Waals surface area contributed by atoms with Crippen LogP contribution in [-0.2, 0) is 6.54 Å². The third-order valence-corrected chi connectivity index (χ3v) is 3.89. The summed E-state index contributed by atoms with van der Waals surface area (Å²) in [6, 6.07) is 9.12. The average molecular weight is 295 g/mol. The van der Waals surface area contributed by atoms with Crippen LogP contribution in [0.5, 0.6) is 0 Å². The summed E-state index contributed by atoms with van der Waals surface area (Å²) >= 11 is 0. The second-order valence-electron chi connectivity index (χ2n) is 5.38. The second kappa shape index (κ2) is 5.52. The smallest absolute Gasteiger partial charge is 0.252 e. The van der Waals surface area contributed by atoms with E-state index in [1.54, 1.807) is 0 Å². The first kappa shape index (κ1) is 14.1. The van der Waals surface area contributed by atoms with Gasteiger partial charge in [0.05, 0.1) is 5.56 Å². The molecule has 1 aromatic carbocycles. The number of H-pyrrole nitrogens is 1. The number of rotatable bonds is 3. The number of carbonyl (C=O) groups is 1. The Morgan fingerprint density at radius 2 is 1.95 bits per heavy atom. The molecule has 0 aliphatic heterocycles. The van der Waals surface area contributed by atoms with E-state index in [1.807, 2.05) is 12.1 Å². The minimum atomic E-state index is -0.192. The first-order chi connectivity index (χ1) is 10.5. The predicted molar refractivity (Wildman–Crippen MR) is 84.3 cm³/mol. The van der Waals surface area contributed by atoms with Gasteiger partial charge in [0, 0.05) is 35.3 Å². The summed E-state index contributed by atoms with van der Waals surface area (Å²) in [4.78, 5) is 15.4. The number of amides is 1. The van der Waals surface area contributed by atoms with Gasteiger partial charge in [0.25, 0.3) is 5.91 Å². The van der Waals surface area contributed by atoms with Gasteiger partial charge in [0.1, 0.15) is 0 Å². The topological polar surface area (TPSA) is 71.8 Å². The molecule has 0 saturated heterocycles. The van der Waals surface area contributed by atoms with Crippen LogP contribution in [0.15, 0.2) is 42.7 Å². The Kier molecular flexibility index (Phi) is 3.55. The molecule has 2 heterocycles. The molecule has 0 aliphatic rings. The Hall–Kier alpha value is -2.82. The summed E-state index contributed by atoms with van der Waals surface area (Å²) in [5.74, 6) is -0.192. The molecule has 112 valence electrons. The number of aromatic nitrogens is 2. The summed E-state index contributed by atoms with van der Waals surface area (Å²) < 4.78 is 0.654. The van der Waals surface area contributed by atoms with E-state index in [4.69, 9.17) is 0 Å². The van der Waals surface area contributed by atoms with Crippen molar-refractivity contribution in [2.45, 2.75) is 20.4 Å². The molecule has 0 bridgehead atoms. The molecule has 5 heteroatoms. The van der Waals surface area contributed by atoms with Crippen LogP contribution < -0.4 is 10.0 Å². The van der Waals surface area contributed by atoms with E-state index < -0.39 is 0 Å². The standard InChI is InChI=1S/C17H17N3O2/c1-11-12(2)19-16-4-3-13(9-15(11)16)10-18-17(21)14-5-7-20(22)8-6-14/h3-9,19H,10H2,1-2H3,(H,18,21). The molecule has 0 aliphatic carbocycles. The van der Waals surface area contributed by atoms with Crippen LogP contribution in [0.25, 0.3) is 10.9 Å². The van der Waals surface area contributed by atoms with Crippen molar-refractivity contribution >= 4 is 16.8 Å². The van der Waals surface area contributed by atoms with Gasteiger partial charge in [-0.3, -0.25) is 4.79 Å². The Labute approximate surface area is 128 Å². The lowest BCUT2D eigenvalue weighted by Gasteiger charge is -2.06. The van der Waals surface area contributed by atoms with Gasteiger partial charge in [-0.1, -0.05) is 6.07 Å².